The Labute approximate surface area is 128 Å². The summed E-state index contributed by atoms with van der Waals surface area (Å²) in [5, 5.41) is 3.52. The third-order valence-corrected chi connectivity index (χ3v) is 3.22. The minimum atomic E-state index is 0.255. The van der Waals surface area contributed by atoms with Gasteiger partial charge in [-0.2, -0.15) is 0 Å². The van der Waals surface area contributed by atoms with Crippen LogP contribution in [0.15, 0.2) is 30.3 Å². The number of rotatable bonds is 6. The second kappa shape index (κ2) is 7.04. The van der Waals surface area contributed by atoms with Crippen molar-refractivity contribution in [2.24, 2.45) is 0 Å². The Bertz CT molecular complexity index is 598. The molecule has 2 aromatic rings. The minimum absolute atomic E-state index is 0.255. The Morgan fingerprint density at radius 2 is 1.67 bits per heavy atom. The van der Waals surface area contributed by atoms with Crippen molar-refractivity contribution in [3.63, 3.8) is 0 Å². The fourth-order valence-corrected chi connectivity index (χ4v) is 1.90. The molecule has 1 N–H and O–H groups in total. The largest absolute Gasteiger partial charge is 0.496 e. The highest BCUT2D eigenvalue weighted by molar-refractivity contribution is 6.31. The zero-order chi connectivity index (χ0) is 15.2. The number of halogens is 1. The Morgan fingerprint density at radius 1 is 1.05 bits per heavy atom. The molecule has 0 saturated carbocycles. The summed E-state index contributed by atoms with van der Waals surface area (Å²) in [6, 6.07) is 8.92. The van der Waals surface area contributed by atoms with Crippen molar-refractivity contribution in [3.8, 4) is 17.2 Å². The number of hydrogen-bond donors (Lipinski definition) is 1. The van der Waals surface area contributed by atoms with Gasteiger partial charge in [0.15, 0.2) is 0 Å². The number of ether oxygens (including phenoxy) is 3. The van der Waals surface area contributed by atoms with E-state index in [2.05, 4.69) is 10.3 Å². The molecule has 21 heavy (non-hydrogen) atoms. The number of nitrogens with one attached hydrogen (secondary N) is 1. The smallest absolute Gasteiger partial charge is 0.132 e. The Morgan fingerprint density at radius 3 is 2.24 bits per heavy atom. The summed E-state index contributed by atoms with van der Waals surface area (Å²) >= 11 is 6.12. The first-order valence-electron chi connectivity index (χ1n) is 6.35. The monoisotopic (exact) mass is 308 g/mol. The molecule has 0 aliphatic heterocycles. The molecule has 6 heteroatoms. The maximum Gasteiger partial charge on any atom is 0.132 e. The summed E-state index contributed by atoms with van der Waals surface area (Å²) in [7, 11) is 4.98. The Kier molecular flexibility index (Phi) is 5.11. The number of pyridine rings is 1. The second-order valence-corrected chi connectivity index (χ2v) is 4.62. The Balaban J connectivity index is 2.16. The highest BCUT2D eigenvalue weighted by Crippen LogP contribution is 2.28. The molecular weight excluding hydrogens is 292 g/mol. The fourth-order valence-electron chi connectivity index (χ4n) is 1.74. The van der Waals surface area contributed by atoms with Gasteiger partial charge in [0.1, 0.15) is 29.7 Å². The highest BCUT2D eigenvalue weighted by Gasteiger charge is 2.07. The molecule has 0 unspecified atom stereocenters. The molecule has 1 heterocycles. The molecule has 0 saturated heterocycles. The van der Waals surface area contributed by atoms with Gasteiger partial charge in [0.2, 0.25) is 0 Å². The molecule has 1 aromatic heterocycles. The number of benzene rings is 1. The van der Waals surface area contributed by atoms with Crippen LogP contribution < -0.4 is 19.5 Å². The van der Waals surface area contributed by atoms with Crippen LogP contribution in [0.2, 0.25) is 5.02 Å². The molecule has 5 nitrogen and oxygen atoms in total. The van der Waals surface area contributed by atoms with Crippen LogP contribution in [0.4, 0.5) is 5.82 Å². The van der Waals surface area contributed by atoms with E-state index >= 15 is 0 Å². The van der Waals surface area contributed by atoms with Gasteiger partial charge in [-0.25, -0.2) is 4.98 Å². The summed E-state index contributed by atoms with van der Waals surface area (Å²) in [4.78, 5) is 4.36. The van der Waals surface area contributed by atoms with Crippen molar-refractivity contribution in [1.82, 2.24) is 4.98 Å². The quantitative estimate of drug-likeness (QED) is 0.886. The van der Waals surface area contributed by atoms with Crippen LogP contribution in [-0.2, 0) is 6.61 Å². The topological polar surface area (TPSA) is 52.6 Å². The fraction of sp³-hybridized carbons (Fsp3) is 0.267. The summed E-state index contributed by atoms with van der Waals surface area (Å²) in [5.74, 6) is 2.68. The van der Waals surface area contributed by atoms with Crippen LogP contribution in [0.5, 0.6) is 17.2 Å². The third-order valence-electron chi connectivity index (χ3n) is 2.88. The maximum absolute atomic E-state index is 6.12. The van der Waals surface area contributed by atoms with Gasteiger partial charge < -0.3 is 19.5 Å². The third kappa shape index (κ3) is 3.92. The average Bonchev–Trinajstić information content (AvgIpc) is 2.53. The average molecular weight is 309 g/mol. The molecule has 0 atom stereocenters. The van der Waals surface area contributed by atoms with Gasteiger partial charge in [-0.3, -0.25) is 0 Å². The lowest BCUT2D eigenvalue weighted by Gasteiger charge is -2.11. The summed E-state index contributed by atoms with van der Waals surface area (Å²) in [6.45, 7) is 0.255. The molecule has 0 bridgehead atoms. The van der Waals surface area contributed by atoms with Crippen molar-refractivity contribution in [2.45, 2.75) is 6.61 Å². The maximum atomic E-state index is 6.12. The van der Waals surface area contributed by atoms with Gasteiger partial charge in [0, 0.05) is 25.2 Å². The van der Waals surface area contributed by atoms with E-state index in [4.69, 9.17) is 25.8 Å². The minimum Gasteiger partial charge on any atom is -0.496 e. The van der Waals surface area contributed by atoms with Crippen molar-refractivity contribution < 1.29 is 14.2 Å². The van der Waals surface area contributed by atoms with E-state index in [0.29, 0.717) is 28.0 Å². The molecular formula is C15H17ClN2O3. The van der Waals surface area contributed by atoms with E-state index in [0.717, 1.165) is 5.82 Å². The van der Waals surface area contributed by atoms with Gasteiger partial charge in [0.05, 0.1) is 24.9 Å². The summed E-state index contributed by atoms with van der Waals surface area (Å²) < 4.78 is 16.1. The number of nitrogens with zero attached hydrogens (tertiary/aromatic N) is 1. The molecule has 0 spiro atoms. The van der Waals surface area contributed by atoms with Crippen LogP contribution in [0.25, 0.3) is 0 Å². The molecule has 0 amide bonds. The summed E-state index contributed by atoms with van der Waals surface area (Å²) in [6.07, 6.45) is 0. The van der Waals surface area contributed by atoms with E-state index in [9.17, 15) is 0 Å². The first-order chi connectivity index (χ1) is 10.2. The van der Waals surface area contributed by atoms with Gasteiger partial charge >= 0.3 is 0 Å². The number of anilines is 1. The van der Waals surface area contributed by atoms with Crippen LogP contribution in [0, 0.1) is 0 Å². The van der Waals surface area contributed by atoms with Gasteiger partial charge in [-0.15, -0.1) is 0 Å². The van der Waals surface area contributed by atoms with E-state index in [1.165, 1.54) is 0 Å². The van der Waals surface area contributed by atoms with E-state index in [1.54, 1.807) is 51.6 Å². The molecule has 0 radical (unpaired) electrons. The predicted molar refractivity (Wildman–Crippen MR) is 82.7 cm³/mol. The lowest BCUT2D eigenvalue weighted by Crippen LogP contribution is -2.02. The molecule has 112 valence electrons. The van der Waals surface area contributed by atoms with Gasteiger partial charge in [-0.05, 0) is 12.1 Å². The molecule has 0 aliphatic rings. The lowest BCUT2D eigenvalue weighted by atomic mass is 10.3. The predicted octanol–water partition coefficient (Wildman–Crippen LogP) is 3.37. The van der Waals surface area contributed by atoms with E-state index in [-0.39, 0.29) is 6.61 Å². The summed E-state index contributed by atoms with van der Waals surface area (Å²) in [5.41, 5.74) is 0.658. The van der Waals surface area contributed by atoms with E-state index in [1.807, 2.05) is 0 Å². The number of methoxy groups -OCH3 is 2. The zero-order valence-corrected chi connectivity index (χ0v) is 12.9. The van der Waals surface area contributed by atoms with Crippen LogP contribution in [-0.4, -0.2) is 26.3 Å². The van der Waals surface area contributed by atoms with Crippen molar-refractivity contribution in [1.29, 1.82) is 0 Å². The molecule has 1 aromatic carbocycles. The van der Waals surface area contributed by atoms with Crippen molar-refractivity contribution >= 4 is 17.4 Å². The molecule has 2 rings (SSSR count). The first-order valence-corrected chi connectivity index (χ1v) is 6.73. The second-order valence-electron chi connectivity index (χ2n) is 4.21. The normalized spacial score (nSPS) is 10.1. The van der Waals surface area contributed by atoms with Crippen molar-refractivity contribution in [2.75, 3.05) is 26.6 Å². The molecule has 0 aliphatic carbocycles. The Hall–Kier alpha value is -2.14. The highest BCUT2D eigenvalue weighted by atomic mass is 35.5. The van der Waals surface area contributed by atoms with Crippen molar-refractivity contribution in [3.05, 3.63) is 41.0 Å². The SMILES string of the molecule is CNc1ccc(Cl)c(COc2cc(OC)cc(OC)c2)n1. The zero-order valence-electron chi connectivity index (χ0n) is 12.1. The van der Waals surface area contributed by atoms with Gasteiger partial charge in [0.25, 0.3) is 0 Å². The molecule has 0 fully saturated rings. The lowest BCUT2D eigenvalue weighted by molar-refractivity contribution is 0.296. The number of hydrogen-bond acceptors (Lipinski definition) is 5. The van der Waals surface area contributed by atoms with Crippen LogP contribution >= 0.6 is 11.6 Å². The standard InChI is InChI=1S/C15H17ClN2O3/c1-17-15-5-4-13(16)14(18-15)9-21-12-7-10(19-2)6-11(8-12)20-3/h4-8H,9H2,1-3H3,(H,17,18). The van der Waals surface area contributed by atoms with Gasteiger partial charge in [-0.1, -0.05) is 11.6 Å². The van der Waals surface area contributed by atoms with E-state index < -0.39 is 0 Å². The first kappa shape index (κ1) is 15.3. The van der Waals surface area contributed by atoms with Crippen LogP contribution in [0.1, 0.15) is 5.69 Å². The number of aromatic nitrogens is 1. The van der Waals surface area contributed by atoms with Crippen LogP contribution in [0.3, 0.4) is 0 Å².